The van der Waals surface area contributed by atoms with Gasteiger partial charge in [-0.25, -0.2) is 18.7 Å². The van der Waals surface area contributed by atoms with Crippen LogP contribution < -0.4 is 27.1 Å². The molecule has 7 N–H and O–H groups in total. The number of benzene rings is 2. The van der Waals surface area contributed by atoms with Crippen LogP contribution in [0.2, 0.25) is 0 Å². The standard InChI is InChI=1S/C26H29F2N5O.H4N2/c1-2-17-14-31-26(32-15-17)33-8-6-18(7-9-33)16-34-25-22(27)12-21(13-23(25)28)20-5-3-4-19(10-20)11-24(29)30;1-2/h3-5,10,12-15,18H,2,6-9,11,16H2,1H3,(H3,29,30);1-2H2. The van der Waals surface area contributed by atoms with Crippen LogP contribution in [0.25, 0.3) is 11.1 Å². The van der Waals surface area contributed by atoms with E-state index in [-0.39, 0.29) is 30.5 Å². The Morgan fingerprint density at radius 1 is 1.03 bits per heavy atom. The van der Waals surface area contributed by atoms with Crippen LogP contribution >= 0.6 is 0 Å². The fourth-order valence-electron chi connectivity index (χ4n) is 4.14. The molecule has 0 aliphatic carbocycles. The number of piperidine rings is 1. The lowest BCUT2D eigenvalue weighted by Gasteiger charge is -2.31. The van der Waals surface area contributed by atoms with E-state index >= 15 is 0 Å². The van der Waals surface area contributed by atoms with Crippen LogP contribution in [-0.2, 0) is 12.8 Å². The van der Waals surface area contributed by atoms with E-state index in [0.29, 0.717) is 11.1 Å². The highest BCUT2D eigenvalue weighted by Crippen LogP contribution is 2.31. The average Bonchev–Trinajstić information content (AvgIpc) is 2.89. The highest BCUT2D eigenvalue weighted by atomic mass is 19.1. The Balaban J connectivity index is 0.00000176. The number of aryl methyl sites for hydroxylation is 1. The number of rotatable bonds is 8. The first-order valence-corrected chi connectivity index (χ1v) is 11.9. The minimum atomic E-state index is -0.728. The lowest BCUT2D eigenvalue weighted by atomic mass is 9.98. The molecule has 0 bridgehead atoms. The van der Waals surface area contributed by atoms with Crippen molar-refractivity contribution in [2.24, 2.45) is 23.3 Å². The molecule has 0 saturated carbocycles. The molecule has 1 aliphatic heterocycles. The van der Waals surface area contributed by atoms with Gasteiger partial charge < -0.3 is 15.4 Å². The second-order valence-electron chi connectivity index (χ2n) is 8.66. The van der Waals surface area contributed by atoms with Gasteiger partial charge in [-0.1, -0.05) is 31.2 Å². The quantitative estimate of drug-likeness (QED) is 0.161. The summed E-state index contributed by atoms with van der Waals surface area (Å²) >= 11 is 0. The second-order valence-corrected chi connectivity index (χ2v) is 8.66. The first-order valence-electron chi connectivity index (χ1n) is 11.9. The number of hydrogen-bond acceptors (Lipinski definition) is 7. The molecule has 0 atom stereocenters. The van der Waals surface area contributed by atoms with Crippen molar-refractivity contribution in [1.29, 1.82) is 5.41 Å². The lowest BCUT2D eigenvalue weighted by Crippen LogP contribution is -2.36. The van der Waals surface area contributed by atoms with E-state index in [9.17, 15) is 8.78 Å². The van der Waals surface area contributed by atoms with E-state index in [2.05, 4.69) is 33.5 Å². The third-order valence-electron chi connectivity index (χ3n) is 6.11. The zero-order chi connectivity index (χ0) is 26.1. The fraction of sp³-hybridized carbons (Fsp3) is 0.346. The SMILES string of the molecule is CCc1cnc(N2CCC(COc3c(F)cc(-c4cccc(CC(=N)N)c4)cc3F)CC2)nc1.NN. The molecule has 192 valence electrons. The van der Waals surface area contributed by atoms with Crippen molar-refractivity contribution >= 4 is 11.8 Å². The molecule has 0 radical (unpaired) electrons. The van der Waals surface area contributed by atoms with Crippen molar-refractivity contribution in [1.82, 2.24) is 9.97 Å². The predicted octanol–water partition coefficient (Wildman–Crippen LogP) is 3.58. The molecule has 2 heterocycles. The van der Waals surface area contributed by atoms with Crippen molar-refractivity contribution in [3.63, 3.8) is 0 Å². The zero-order valence-electron chi connectivity index (χ0n) is 20.4. The predicted molar refractivity (Wildman–Crippen MR) is 138 cm³/mol. The summed E-state index contributed by atoms with van der Waals surface area (Å²) in [6.07, 6.45) is 6.57. The number of hydrazine groups is 1. The van der Waals surface area contributed by atoms with Gasteiger partial charge in [-0.15, -0.1) is 0 Å². The number of anilines is 1. The first kappa shape index (κ1) is 27.0. The number of nitrogens with zero attached hydrogens (tertiary/aromatic N) is 3. The summed E-state index contributed by atoms with van der Waals surface area (Å²) in [5.74, 6) is 7.16. The smallest absolute Gasteiger partial charge is 0.225 e. The zero-order valence-corrected chi connectivity index (χ0v) is 20.4. The molecule has 10 heteroatoms. The topological polar surface area (TPSA) is 140 Å². The summed E-state index contributed by atoms with van der Waals surface area (Å²) in [6.45, 7) is 3.88. The molecule has 36 heavy (non-hydrogen) atoms. The highest BCUT2D eigenvalue weighted by molar-refractivity contribution is 5.80. The van der Waals surface area contributed by atoms with Crippen LogP contribution in [-0.4, -0.2) is 35.5 Å². The Kier molecular flexibility index (Phi) is 9.66. The Morgan fingerprint density at radius 2 is 1.67 bits per heavy atom. The maximum Gasteiger partial charge on any atom is 0.225 e. The van der Waals surface area contributed by atoms with Crippen molar-refractivity contribution in [3.8, 4) is 16.9 Å². The molecule has 8 nitrogen and oxygen atoms in total. The number of nitrogens with two attached hydrogens (primary N) is 3. The number of hydrogen-bond donors (Lipinski definition) is 4. The molecule has 0 spiro atoms. The summed E-state index contributed by atoms with van der Waals surface area (Å²) in [7, 11) is 0. The molecule has 1 aromatic heterocycles. The van der Waals surface area contributed by atoms with Gasteiger partial charge in [0.15, 0.2) is 17.4 Å². The molecule has 1 saturated heterocycles. The minimum Gasteiger partial charge on any atom is -0.487 e. The van der Waals surface area contributed by atoms with Crippen LogP contribution in [0.3, 0.4) is 0 Å². The molecule has 4 rings (SSSR count). The molecule has 2 aromatic carbocycles. The molecule has 0 amide bonds. The van der Waals surface area contributed by atoms with Gasteiger partial charge in [0.1, 0.15) is 0 Å². The molecular weight excluding hydrogens is 464 g/mol. The summed E-state index contributed by atoms with van der Waals surface area (Å²) in [5.41, 5.74) is 8.44. The van der Waals surface area contributed by atoms with E-state index in [0.717, 1.165) is 49.4 Å². The average molecular weight is 498 g/mol. The van der Waals surface area contributed by atoms with Gasteiger partial charge in [-0.05, 0) is 59.6 Å². The van der Waals surface area contributed by atoms with Gasteiger partial charge in [-0.3, -0.25) is 17.1 Å². The Labute approximate surface area is 210 Å². The maximum atomic E-state index is 14.8. The summed E-state index contributed by atoms with van der Waals surface area (Å²) in [4.78, 5) is 11.0. The number of ether oxygens (including phenoxy) is 1. The monoisotopic (exact) mass is 497 g/mol. The summed E-state index contributed by atoms with van der Waals surface area (Å²) < 4.78 is 35.1. The number of halogens is 2. The Bertz CT molecular complexity index is 1130. The summed E-state index contributed by atoms with van der Waals surface area (Å²) in [6, 6.07) is 9.72. The van der Waals surface area contributed by atoms with Gasteiger partial charge >= 0.3 is 0 Å². The van der Waals surface area contributed by atoms with Crippen LogP contribution in [0, 0.1) is 23.0 Å². The molecule has 1 fully saturated rings. The Hall–Kier alpha value is -3.63. The van der Waals surface area contributed by atoms with Crippen LogP contribution in [0.4, 0.5) is 14.7 Å². The van der Waals surface area contributed by atoms with Gasteiger partial charge in [-0.2, -0.15) is 0 Å². The number of amidine groups is 1. The van der Waals surface area contributed by atoms with Gasteiger partial charge in [0.2, 0.25) is 5.95 Å². The van der Waals surface area contributed by atoms with Crippen LogP contribution in [0.5, 0.6) is 5.75 Å². The van der Waals surface area contributed by atoms with E-state index in [1.54, 1.807) is 18.2 Å². The molecular formula is C26H33F2N7O. The first-order chi connectivity index (χ1) is 17.4. The minimum absolute atomic E-state index is 0.0333. The van der Waals surface area contributed by atoms with Gasteiger partial charge in [0.05, 0.1) is 12.4 Å². The van der Waals surface area contributed by atoms with Crippen LogP contribution in [0.15, 0.2) is 48.8 Å². The summed E-state index contributed by atoms with van der Waals surface area (Å²) in [5, 5.41) is 7.44. The van der Waals surface area contributed by atoms with E-state index < -0.39 is 11.6 Å². The van der Waals surface area contributed by atoms with Crippen molar-refractivity contribution in [3.05, 3.63) is 71.6 Å². The third-order valence-corrected chi connectivity index (χ3v) is 6.11. The van der Waals surface area contributed by atoms with E-state index in [1.807, 2.05) is 18.5 Å². The molecule has 0 unspecified atom stereocenters. The van der Waals surface area contributed by atoms with Crippen molar-refractivity contribution in [2.75, 3.05) is 24.6 Å². The highest BCUT2D eigenvalue weighted by Gasteiger charge is 2.23. The van der Waals surface area contributed by atoms with Crippen molar-refractivity contribution in [2.45, 2.75) is 32.6 Å². The van der Waals surface area contributed by atoms with Gasteiger partial charge in [0, 0.05) is 31.9 Å². The fourth-order valence-corrected chi connectivity index (χ4v) is 4.14. The van der Waals surface area contributed by atoms with E-state index in [4.69, 9.17) is 15.9 Å². The van der Waals surface area contributed by atoms with Crippen LogP contribution in [0.1, 0.15) is 30.9 Å². The Morgan fingerprint density at radius 3 is 2.25 bits per heavy atom. The van der Waals surface area contributed by atoms with Gasteiger partial charge in [0.25, 0.3) is 0 Å². The number of aromatic nitrogens is 2. The largest absolute Gasteiger partial charge is 0.487 e. The molecule has 1 aliphatic rings. The second kappa shape index (κ2) is 12.9. The lowest BCUT2D eigenvalue weighted by molar-refractivity contribution is 0.207. The normalized spacial score (nSPS) is 13.6. The third kappa shape index (κ3) is 6.96. The van der Waals surface area contributed by atoms with Crippen molar-refractivity contribution < 1.29 is 13.5 Å². The van der Waals surface area contributed by atoms with E-state index in [1.165, 1.54) is 12.1 Å². The molecule has 3 aromatic rings. The maximum absolute atomic E-state index is 14.8. The number of nitrogens with one attached hydrogen (secondary N) is 1.